The SMILES string of the molecule is COC(=O)N[C@H](C(=O)N1CCC[C@@H](C)CC1)C(C)C. The number of alkyl carbamates (subject to hydrolysis) is 1. The topological polar surface area (TPSA) is 58.6 Å². The predicted octanol–water partition coefficient (Wildman–Crippen LogP) is 2.02. The van der Waals surface area contributed by atoms with Crippen LogP contribution in [0.15, 0.2) is 0 Å². The first-order valence-corrected chi connectivity index (χ1v) is 7.09. The number of nitrogens with zero attached hydrogens (tertiary/aromatic N) is 1. The van der Waals surface area contributed by atoms with Gasteiger partial charge in [0.25, 0.3) is 0 Å². The fourth-order valence-electron chi connectivity index (χ4n) is 2.38. The molecule has 1 rings (SSSR count). The standard InChI is InChI=1S/C14H26N2O3/c1-10(2)12(15-14(18)19-4)13(17)16-8-5-6-11(3)7-9-16/h10-12H,5-9H2,1-4H3,(H,15,18)/t11-,12+/m1/s1. The van der Waals surface area contributed by atoms with Crippen molar-refractivity contribution in [3.63, 3.8) is 0 Å². The van der Waals surface area contributed by atoms with E-state index in [9.17, 15) is 9.59 Å². The van der Waals surface area contributed by atoms with Crippen LogP contribution in [0.4, 0.5) is 4.79 Å². The molecular formula is C14H26N2O3. The van der Waals surface area contributed by atoms with E-state index in [0.717, 1.165) is 25.9 Å². The minimum atomic E-state index is -0.546. The molecule has 0 unspecified atom stereocenters. The van der Waals surface area contributed by atoms with Crippen LogP contribution >= 0.6 is 0 Å². The van der Waals surface area contributed by atoms with E-state index in [0.29, 0.717) is 5.92 Å². The third-order valence-electron chi connectivity index (χ3n) is 3.72. The molecule has 0 aromatic heterocycles. The van der Waals surface area contributed by atoms with Crippen LogP contribution in [-0.4, -0.2) is 43.1 Å². The van der Waals surface area contributed by atoms with Gasteiger partial charge in [0.2, 0.25) is 5.91 Å². The number of methoxy groups -OCH3 is 1. The smallest absolute Gasteiger partial charge is 0.407 e. The van der Waals surface area contributed by atoms with Crippen molar-refractivity contribution in [3.05, 3.63) is 0 Å². The molecule has 19 heavy (non-hydrogen) atoms. The van der Waals surface area contributed by atoms with Crippen molar-refractivity contribution >= 4 is 12.0 Å². The number of likely N-dealkylation sites (tertiary alicyclic amines) is 1. The number of rotatable bonds is 3. The van der Waals surface area contributed by atoms with E-state index in [4.69, 9.17) is 0 Å². The molecular weight excluding hydrogens is 244 g/mol. The van der Waals surface area contributed by atoms with Crippen LogP contribution in [0.25, 0.3) is 0 Å². The van der Waals surface area contributed by atoms with Crippen molar-refractivity contribution in [1.29, 1.82) is 0 Å². The number of hydrogen-bond acceptors (Lipinski definition) is 3. The lowest BCUT2D eigenvalue weighted by Gasteiger charge is -2.28. The third kappa shape index (κ3) is 4.73. The molecule has 1 aliphatic heterocycles. The van der Waals surface area contributed by atoms with Gasteiger partial charge >= 0.3 is 6.09 Å². The molecule has 1 saturated heterocycles. The van der Waals surface area contributed by atoms with Gasteiger partial charge in [0, 0.05) is 13.1 Å². The van der Waals surface area contributed by atoms with Gasteiger partial charge < -0.3 is 15.0 Å². The highest BCUT2D eigenvalue weighted by molar-refractivity contribution is 5.86. The van der Waals surface area contributed by atoms with Crippen LogP contribution < -0.4 is 5.32 Å². The lowest BCUT2D eigenvalue weighted by atomic mass is 10.0. The summed E-state index contributed by atoms with van der Waals surface area (Å²) >= 11 is 0. The van der Waals surface area contributed by atoms with Crippen molar-refractivity contribution in [1.82, 2.24) is 10.2 Å². The molecule has 1 heterocycles. The summed E-state index contributed by atoms with van der Waals surface area (Å²) in [5.74, 6) is 0.727. The van der Waals surface area contributed by atoms with Gasteiger partial charge in [0.1, 0.15) is 6.04 Å². The van der Waals surface area contributed by atoms with Gasteiger partial charge in [-0.3, -0.25) is 4.79 Å². The maximum Gasteiger partial charge on any atom is 0.407 e. The predicted molar refractivity (Wildman–Crippen MR) is 73.8 cm³/mol. The minimum absolute atomic E-state index is 0.00880. The summed E-state index contributed by atoms with van der Waals surface area (Å²) in [6, 6.07) is -0.499. The summed E-state index contributed by atoms with van der Waals surface area (Å²) < 4.78 is 4.59. The highest BCUT2D eigenvalue weighted by Gasteiger charge is 2.29. The van der Waals surface area contributed by atoms with E-state index in [1.54, 1.807) is 0 Å². The Morgan fingerprint density at radius 2 is 1.95 bits per heavy atom. The number of carbonyl (C=O) groups is 2. The monoisotopic (exact) mass is 270 g/mol. The van der Waals surface area contributed by atoms with E-state index in [2.05, 4.69) is 17.0 Å². The molecule has 0 aromatic carbocycles. The van der Waals surface area contributed by atoms with Gasteiger partial charge in [0.15, 0.2) is 0 Å². The molecule has 0 radical (unpaired) electrons. The van der Waals surface area contributed by atoms with Crippen LogP contribution in [0, 0.1) is 11.8 Å². The summed E-state index contributed by atoms with van der Waals surface area (Å²) in [4.78, 5) is 25.7. The van der Waals surface area contributed by atoms with Crippen LogP contribution in [0.5, 0.6) is 0 Å². The molecule has 1 aliphatic rings. The summed E-state index contributed by atoms with van der Waals surface area (Å²) in [6.07, 6.45) is 2.70. The summed E-state index contributed by atoms with van der Waals surface area (Å²) in [5, 5.41) is 2.64. The lowest BCUT2D eigenvalue weighted by molar-refractivity contribution is -0.134. The fraction of sp³-hybridized carbons (Fsp3) is 0.857. The first kappa shape index (κ1) is 15.8. The molecule has 0 saturated carbocycles. The molecule has 110 valence electrons. The average Bonchev–Trinajstić information content (AvgIpc) is 2.59. The Kier molecular flexibility index (Phi) is 6.12. The number of nitrogens with one attached hydrogen (secondary N) is 1. The maximum absolute atomic E-state index is 12.5. The average molecular weight is 270 g/mol. The second-order valence-corrected chi connectivity index (χ2v) is 5.72. The Morgan fingerprint density at radius 3 is 2.53 bits per heavy atom. The van der Waals surface area contributed by atoms with Gasteiger partial charge in [-0.1, -0.05) is 20.8 Å². The zero-order chi connectivity index (χ0) is 14.4. The number of ether oxygens (including phenoxy) is 1. The fourth-order valence-corrected chi connectivity index (χ4v) is 2.38. The highest BCUT2D eigenvalue weighted by Crippen LogP contribution is 2.18. The van der Waals surface area contributed by atoms with Gasteiger partial charge in [-0.15, -0.1) is 0 Å². The quantitative estimate of drug-likeness (QED) is 0.853. The van der Waals surface area contributed by atoms with E-state index >= 15 is 0 Å². The first-order valence-electron chi connectivity index (χ1n) is 7.09. The molecule has 0 aromatic rings. The van der Waals surface area contributed by atoms with Crippen molar-refractivity contribution in [2.45, 2.75) is 46.1 Å². The third-order valence-corrected chi connectivity index (χ3v) is 3.72. The molecule has 5 heteroatoms. The summed E-state index contributed by atoms with van der Waals surface area (Å²) in [5.41, 5.74) is 0. The Morgan fingerprint density at radius 1 is 1.26 bits per heavy atom. The second-order valence-electron chi connectivity index (χ2n) is 5.72. The van der Waals surface area contributed by atoms with E-state index < -0.39 is 12.1 Å². The van der Waals surface area contributed by atoms with Crippen LogP contribution in [-0.2, 0) is 9.53 Å². The molecule has 1 fully saturated rings. The Balaban J connectivity index is 2.67. The normalized spacial score (nSPS) is 21.7. The molecule has 0 bridgehead atoms. The molecule has 1 N–H and O–H groups in total. The van der Waals surface area contributed by atoms with E-state index in [-0.39, 0.29) is 11.8 Å². The Labute approximate surface area is 115 Å². The summed E-state index contributed by atoms with van der Waals surface area (Å²) in [7, 11) is 1.31. The first-order chi connectivity index (χ1) is 8.95. The minimum Gasteiger partial charge on any atom is -0.453 e. The highest BCUT2D eigenvalue weighted by atomic mass is 16.5. The number of amides is 2. The van der Waals surface area contributed by atoms with Crippen LogP contribution in [0.3, 0.4) is 0 Å². The molecule has 2 atom stereocenters. The van der Waals surface area contributed by atoms with Crippen molar-refractivity contribution in [3.8, 4) is 0 Å². The van der Waals surface area contributed by atoms with Gasteiger partial charge in [-0.2, -0.15) is 0 Å². The lowest BCUT2D eigenvalue weighted by Crippen LogP contribution is -2.51. The van der Waals surface area contributed by atoms with Gasteiger partial charge in [-0.25, -0.2) is 4.79 Å². The van der Waals surface area contributed by atoms with Crippen molar-refractivity contribution < 1.29 is 14.3 Å². The van der Waals surface area contributed by atoms with Crippen LogP contribution in [0.2, 0.25) is 0 Å². The number of hydrogen-bond donors (Lipinski definition) is 1. The Hall–Kier alpha value is -1.26. The second kappa shape index (κ2) is 7.36. The summed E-state index contributed by atoms with van der Waals surface area (Å²) in [6.45, 7) is 7.65. The molecule has 0 aliphatic carbocycles. The van der Waals surface area contributed by atoms with Gasteiger partial charge in [0.05, 0.1) is 7.11 Å². The molecule has 5 nitrogen and oxygen atoms in total. The zero-order valence-electron chi connectivity index (χ0n) is 12.4. The Bertz CT molecular complexity index is 318. The molecule has 0 spiro atoms. The van der Waals surface area contributed by atoms with Crippen LogP contribution in [0.1, 0.15) is 40.0 Å². The van der Waals surface area contributed by atoms with E-state index in [1.807, 2.05) is 18.7 Å². The molecule has 2 amide bonds. The van der Waals surface area contributed by atoms with E-state index in [1.165, 1.54) is 13.5 Å². The largest absolute Gasteiger partial charge is 0.453 e. The number of carbonyl (C=O) groups excluding carboxylic acids is 2. The zero-order valence-corrected chi connectivity index (χ0v) is 12.4. The van der Waals surface area contributed by atoms with Crippen molar-refractivity contribution in [2.75, 3.05) is 20.2 Å². The maximum atomic E-state index is 12.5. The van der Waals surface area contributed by atoms with Crippen molar-refractivity contribution in [2.24, 2.45) is 11.8 Å². The van der Waals surface area contributed by atoms with Gasteiger partial charge in [-0.05, 0) is 31.1 Å².